The van der Waals surface area contributed by atoms with Gasteiger partial charge in [-0.1, -0.05) is 25.2 Å². The van der Waals surface area contributed by atoms with Crippen LogP contribution in [0.15, 0.2) is 0 Å². The molecule has 1 aromatic heterocycles. The minimum absolute atomic E-state index is 0.749. The third-order valence-corrected chi connectivity index (χ3v) is 3.84. The van der Waals surface area contributed by atoms with Crippen molar-refractivity contribution in [3.05, 3.63) is 3.95 Å². The number of aromatic nitrogens is 2. The predicted octanol–water partition coefficient (Wildman–Crippen LogP) is 1.98. The molecule has 0 atom stereocenters. The Morgan fingerprint density at radius 2 is 2.06 bits per heavy atom. The second-order valence-corrected chi connectivity index (χ2v) is 6.22. The maximum Gasteiger partial charge on any atom is 0.207 e. The van der Waals surface area contributed by atoms with E-state index in [1.165, 1.54) is 6.54 Å². The zero-order valence-corrected chi connectivity index (χ0v) is 11.4. The molecule has 0 aromatic carbocycles. The van der Waals surface area contributed by atoms with Gasteiger partial charge < -0.3 is 4.90 Å². The number of rotatable bonds is 3. The number of nitrogens with one attached hydrogen (secondary N) is 1. The summed E-state index contributed by atoms with van der Waals surface area (Å²) in [6, 6.07) is 0. The van der Waals surface area contributed by atoms with E-state index in [4.69, 9.17) is 12.2 Å². The number of piperazine rings is 1. The molecule has 0 amide bonds. The average molecular weight is 258 g/mol. The molecule has 1 fully saturated rings. The fourth-order valence-corrected chi connectivity index (χ4v) is 2.92. The standard InChI is InChI=1S/C10H18N4S2/c1-8(2)7-13-3-5-14(6-4-13)9-11-12-10(15)16-9/h8H,3-7H2,1-2H3,(H,12,15). The van der Waals surface area contributed by atoms with Gasteiger partial charge in [0.1, 0.15) is 0 Å². The lowest BCUT2D eigenvalue weighted by molar-refractivity contribution is 0.231. The molecule has 4 nitrogen and oxygen atoms in total. The molecular formula is C10H18N4S2. The second kappa shape index (κ2) is 5.25. The van der Waals surface area contributed by atoms with Crippen molar-refractivity contribution in [2.45, 2.75) is 13.8 Å². The molecule has 0 spiro atoms. The van der Waals surface area contributed by atoms with E-state index in [0.717, 1.165) is 41.2 Å². The highest BCUT2D eigenvalue weighted by Gasteiger charge is 2.19. The number of nitrogens with zero attached hydrogens (tertiary/aromatic N) is 3. The lowest BCUT2D eigenvalue weighted by Gasteiger charge is -2.35. The molecule has 0 saturated carbocycles. The summed E-state index contributed by atoms with van der Waals surface area (Å²) in [5.74, 6) is 0.749. The molecule has 0 unspecified atom stereocenters. The van der Waals surface area contributed by atoms with Gasteiger partial charge in [0.15, 0.2) is 3.95 Å². The van der Waals surface area contributed by atoms with Gasteiger partial charge >= 0.3 is 0 Å². The van der Waals surface area contributed by atoms with E-state index in [-0.39, 0.29) is 0 Å². The van der Waals surface area contributed by atoms with Crippen LogP contribution in [-0.4, -0.2) is 47.8 Å². The first kappa shape index (κ1) is 12.0. The molecule has 16 heavy (non-hydrogen) atoms. The van der Waals surface area contributed by atoms with Crippen LogP contribution < -0.4 is 4.90 Å². The Kier molecular flexibility index (Phi) is 3.94. The minimum Gasteiger partial charge on any atom is -0.344 e. The van der Waals surface area contributed by atoms with Crippen molar-refractivity contribution in [3.8, 4) is 0 Å². The van der Waals surface area contributed by atoms with E-state index in [2.05, 4.69) is 33.8 Å². The Bertz CT molecular complexity index is 376. The zero-order valence-electron chi connectivity index (χ0n) is 9.77. The SMILES string of the molecule is CC(C)CN1CCN(c2n[nH]c(=S)s2)CC1. The van der Waals surface area contributed by atoms with Crippen LogP contribution in [0, 0.1) is 9.87 Å². The van der Waals surface area contributed by atoms with Crippen molar-refractivity contribution in [1.82, 2.24) is 15.1 Å². The predicted molar refractivity (Wildman–Crippen MR) is 70.8 cm³/mol. The summed E-state index contributed by atoms with van der Waals surface area (Å²) in [7, 11) is 0. The van der Waals surface area contributed by atoms with Gasteiger partial charge in [0.2, 0.25) is 5.13 Å². The molecule has 2 heterocycles. The van der Waals surface area contributed by atoms with Crippen molar-refractivity contribution >= 4 is 28.7 Å². The van der Waals surface area contributed by atoms with Gasteiger partial charge in [-0.25, -0.2) is 0 Å². The molecule has 2 rings (SSSR count). The first-order valence-corrected chi connectivity index (χ1v) is 6.90. The zero-order chi connectivity index (χ0) is 11.5. The van der Waals surface area contributed by atoms with E-state index in [9.17, 15) is 0 Å². The number of hydrogen-bond donors (Lipinski definition) is 1. The van der Waals surface area contributed by atoms with Crippen LogP contribution in [0.5, 0.6) is 0 Å². The third kappa shape index (κ3) is 3.02. The highest BCUT2D eigenvalue weighted by molar-refractivity contribution is 7.73. The molecule has 1 aliphatic rings. The van der Waals surface area contributed by atoms with Crippen molar-refractivity contribution in [2.24, 2.45) is 5.92 Å². The minimum atomic E-state index is 0.749. The van der Waals surface area contributed by atoms with Crippen LogP contribution in [0.3, 0.4) is 0 Å². The van der Waals surface area contributed by atoms with Crippen LogP contribution >= 0.6 is 23.6 Å². The smallest absolute Gasteiger partial charge is 0.207 e. The van der Waals surface area contributed by atoms with E-state index in [1.807, 2.05) is 0 Å². The van der Waals surface area contributed by atoms with Crippen molar-refractivity contribution in [2.75, 3.05) is 37.6 Å². The molecule has 6 heteroatoms. The Labute approximate surface area is 105 Å². The average Bonchev–Trinajstić information content (AvgIpc) is 2.65. The molecule has 1 N–H and O–H groups in total. The van der Waals surface area contributed by atoms with Crippen LogP contribution in [-0.2, 0) is 0 Å². The molecule has 90 valence electrons. The maximum absolute atomic E-state index is 5.05. The lowest BCUT2D eigenvalue weighted by atomic mass is 10.2. The largest absolute Gasteiger partial charge is 0.344 e. The Balaban J connectivity index is 1.88. The molecular weight excluding hydrogens is 240 g/mol. The molecule has 1 aromatic rings. The second-order valence-electron chi connectivity index (χ2n) is 4.58. The van der Waals surface area contributed by atoms with Crippen LogP contribution in [0.25, 0.3) is 0 Å². The summed E-state index contributed by atoms with van der Waals surface area (Å²) >= 11 is 6.61. The van der Waals surface area contributed by atoms with Crippen LogP contribution in [0.1, 0.15) is 13.8 Å². The summed E-state index contributed by atoms with van der Waals surface area (Å²) in [6.45, 7) is 10.1. The molecule has 1 saturated heterocycles. The van der Waals surface area contributed by atoms with Crippen LogP contribution in [0.2, 0.25) is 0 Å². The first-order chi connectivity index (χ1) is 7.65. The third-order valence-electron chi connectivity index (χ3n) is 2.69. The normalized spacial score (nSPS) is 18.3. The quantitative estimate of drug-likeness (QED) is 0.841. The summed E-state index contributed by atoms with van der Waals surface area (Å²) in [6.07, 6.45) is 0. The number of aromatic amines is 1. The molecule has 0 bridgehead atoms. The van der Waals surface area contributed by atoms with E-state index in [1.54, 1.807) is 11.3 Å². The summed E-state index contributed by atoms with van der Waals surface area (Å²) in [5.41, 5.74) is 0. The Hall–Kier alpha value is -0.460. The monoisotopic (exact) mass is 258 g/mol. The summed E-state index contributed by atoms with van der Waals surface area (Å²) in [4.78, 5) is 4.83. The van der Waals surface area contributed by atoms with Gasteiger partial charge in [0.25, 0.3) is 0 Å². The van der Waals surface area contributed by atoms with Gasteiger partial charge in [-0.3, -0.25) is 10.00 Å². The van der Waals surface area contributed by atoms with Gasteiger partial charge in [-0.05, 0) is 18.1 Å². The van der Waals surface area contributed by atoms with Gasteiger partial charge in [-0.15, -0.1) is 5.10 Å². The van der Waals surface area contributed by atoms with E-state index >= 15 is 0 Å². The fraction of sp³-hybridized carbons (Fsp3) is 0.800. The number of hydrogen-bond acceptors (Lipinski definition) is 5. The van der Waals surface area contributed by atoms with Crippen molar-refractivity contribution < 1.29 is 0 Å². The van der Waals surface area contributed by atoms with Crippen molar-refractivity contribution in [1.29, 1.82) is 0 Å². The van der Waals surface area contributed by atoms with E-state index in [0.29, 0.717) is 0 Å². The molecule has 1 aliphatic heterocycles. The molecule has 0 aliphatic carbocycles. The Morgan fingerprint density at radius 1 is 1.38 bits per heavy atom. The molecule has 0 radical (unpaired) electrons. The number of anilines is 1. The van der Waals surface area contributed by atoms with Gasteiger partial charge in [0, 0.05) is 32.7 Å². The number of H-pyrrole nitrogens is 1. The first-order valence-electron chi connectivity index (χ1n) is 5.68. The highest BCUT2D eigenvalue weighted by Crippen LogP contribution is 2.19. The van der Waals surface area contributed by atoms with Crippen LogP contribution in [0.4, 0.5) is 5.13 Å². The fourth-order valence-electron chi connectivity index (χ4n) is 2.00. The van der Waals surface area contributed by atoms with Gasteiger partial charge in [-0.2, -0.15) is 0 Å². The van der Waals surface area contributed by atoms with Gasteiger partial charge in [0.05, 0.1) is 0 Å². The Morgan fingerprint density at radius 3 is 2.56 bits per heavy atom. The summed E-state index contributed by atoms with van der Waals surface area (Å²) in [5, 5.41) is 8.10. The maximum atomic E-state index is 5.05. The topological polar surface area (TPSA) is 35.2 Å². The lowest BCUT2D eigenvalue weighted by Crippen LogP contribution is -2.47. The highest BCUT2D eigenvalue weighted by atomic mass is 32.1. The van der Waals surface area contributed by atoms with Crippen molar-refractivity contribution in [3.63, 3.8) is 0 Å². The van der Waals surface area contributed by atoms with E-state index < -0.39 is 0 Å². The summed E-state index contributed by atoms with van der Waals surface area (Å²) < 4.78 is 0.764.